The Hall–Kier alpha value is -1.44. The maximum atomic E-state index is 9.46. The van der Waals surface area contributed by atoms with Crippen molar-refractivity contribution in [2.75, 3.05) is 7.11 Å². The van der Waals surface area contributed by atoms with Gasteiger partial charge in [0.05, 0.1) is 7.11 Å². The minimum absolute atomic E-state index is 0.154. The van der Waals surface area contributed by atoms with Gasteiger partial charge in [-0.2, -0.15) is 0 Å². The van der Waals surface area contributed by atoms with Crippen molar-refractivity contribution in [2.24, 2.45) is 0 Å². The SMILES string of the molecule is C=C[C](C)c1cccc(O)c1OC. The average Bonchev–Trinajstić information content (AvgIpc) is 2.16. The Morgan fingerprint density at radius 1 is 1.54 bits per heavy atom. The van der Waals surface area contributed by atoms with E-state index in [4.69, 9.17) is 4.74 Å². The minimum Gasteiger partial charge on any atom is -0.504 e. The third-order valence-corrected chi connectivity index (χ3v) is 1.93. The predicted octanol–water partition coefficient (Wildman–Crippen LogP) is 2.53. The lowest BCUT2D eigenvalue weighted by atomic mass is 10.00. The number of ether oxygens (including phenoxy) is 1. The first-order valence-corrected chi connectivity index (χ1v) is 4.03. The molecule has 0 saturated carbocycles. The van der Waals surface area contributed by atoms with E-state index in [1.54, 1.807) is 18.2 Å². The fourth-order valence-electron chi connectivity index (χ4n) is 1.16. The van der Waals surface area contributed by atoms with Crippen molar-refractivity contribution in [3.05, 3.63) is 42.3 Å². The number of hydrogen-bond acceptors (Lipinski definition) is 2. The van der Waals surface area contributed by atoms with Crippen LogP contribution in [0.5, 0.6) is 11.5 Å². The van der Waals surface area contributed by atoms with Gasteiger partial charge in [0.25, 0.3) is 0 Å². The maximum Gasteiger partial charge on any atom is 0.164 e. The highest BCUT2D eigenvalue weighted by Gasteiger charge is 2.11. The van der Waals surface area contributed by atoms with Crippen molar-refractivity contribution in [3.63, 3.8) is 0 Å². The summed E-state index contributed by atoms with van der Waals surface area (Å²) in [6.07, 6.45) is 1.73. The molecule has 1 rings (SSSR count). The second kappa shape index (κ2) is 3.99. The van der Waals surface area contributed by atoms with Gasteiger partial charge in [-0.15, -0.1) is 6.58 Å². The molecule has 0 bridgehead atoms. The Balaban J connectivity index is 3.19. The molecule has 1 radical (unpaired) electrons. The number of benzene rings is 1. The van der Waals surface area contributed by atoms with Crippen LogP contribution in [0.1, 0.15) is 12.5 Å². The highest BCUT2D eigenvalue weighted by atomic mass is 16.5. The molecule has 2 heteroatoms. The molecule has 0 heterocycles. The molecule has 0 aromatic heterocycles. The van der Waals surface area contributed by atoms with Gasteiger partial charge >= 0.3 is 0 Å². The number of hydrogen-bond donors (Lipinski definition) is 1. The fraction of sp³-hybridized carbons (Fsp3) is 0.182. The molecule has 0 aliphatic rings. The summed E-state index contributed by atoms with van der Waals surface area (Å²) in [5.74, 6) is 1.63. The van der Waals surface area contributed by atoms with Gasteiger partial charge < -0.3 is 9.84 Å². The first kappa shape index (κ1) is 9.65. The lowest BCUT2D eigenvalue weighted by molar-refractivity contribution is 0.371. The molecule has 0 unspecified atom stereocenters. The van der Waals surface area contributed by atoms with Crippen molar-refractivity contribution < 1.29 is 9.84 Å². The second-order valence-corrected chi connectivity index (χ2v) is 2.75. The van der Waals surface area contributed by atoms with Gasteiger partial charge in [0.2, 0.25) is 0 Å². The van der Waals surface area contributed by atoms with Gasteiger partial charge in [0, 0.05) is 11.5 Å². The Kier molecular flexibility index (Phi) is 2.96. The molecule has 0 aliphatic carbocycles. The first-order chi connectivity index (χ1) is 6.20. The van der Waals surface area contributed by atoms with Crippen molar-refractivity contribution in [3.8, 4) is 11.5 Å². The highest BCUT2D eigenvalue weighted by Crippen LogP contribution is 2.34. The third-order valence-electron chi connectivity index (χ3n) is 1.93. The van der Waals surface area contributed by atoms with Gasteiger partial charge in [-0.3, -0.25) is 0 Å². The summed E-state index contributed by atoms with van der Waals surface area (Å²) in [7, 11) is 1.54. The van der Waals surface area contributed by atoms with Gasteiger partial charge in [0.1, 0.15) is 0 Å². The molecule has 0 atom stereocenters. The average molecular weight is 177 g/mol. The van der Waals surface area contributed by atoms with Crippen molar-refractivity contribution in [1.29, 1.82) is 0 Å². The Labute approximate surface area is 78.5 Å². The molecule has 1 aromatic carbocycles. The summed E-state index contributed by atoms with van der Waals surface area (Å²) in [5.41, 5.74) is 0.873. The highest BCUT2D eigenvalue weighted by molar-refractivity contribution is 5.53. The zero-order chi connectivity index (χ0) is 9.84. The van der Waals surface area contributed by atoms with Crippen LogP contribution in [0.2, 0.25) is 0 Å². The van der Waals surface area contributed by atoms with E-state index in [-0.39, 0.29) is 5.75 Å². The van der Waals surface area contributed by atoms with Crippen molar-refractivity contribution >= 4 is 0 Å². The summed E-state index contributed by atoms with van der Waals surface area (Å²) < 4.78 is 5.08. The van der Waals surface area contributed by atoms with Crippen LogP contribution in [0.3, 0.4) is 0 Å². The molecule has 0 fully saturated rings. The topological polar surface area (TPSA) is 29.5 Å². The molecule has 1 aromatic rings. The van der Waals surface area contributed by atoms with Crippen LogP contribution in [0, 0.1) is 5.92 Å². The van der Waals surface area contributed by atoms with Crippen LogP contribution in [-0.2, 0) is 0 Å². The number of phenolic OH excluding ortho intramolecular Hbond substituents is 1. The van der Waals surface area contributed by atoms with Gasteiger partial charge in [-0.1, -0.05) is 25.1 Å². The molecule has 2 nitrogen and oxygen atoms in total. The first-order valence-electron chi connectivity index (χ1n) is 4.03. The van der Waals surface area contributed by atoms with Crippen molar-refractivity contribution in [1.82, 2.24) is 0 Å². The molecule has 69 valence electrons. The van der Waals surface area contributed by atoms with Gasteiger partial charge in [-0.25, -0.2) is 0 Å². The van der Waals surface area contributed by atoms with E-state index < -0.39 is 0 Å². The third kappa shape index (κ3) is 1.83. The quantitative estimate of drug-likeness (QED) is 0.768. The molecule has 0 aliphatic heterocycles. The van der Waals surface area contributed by atoms with E-state index in [1.807, 2.05) is 13.0 Å². The van der Waals surface area contributed by atoms with E-state index in [0.29, 0.717) is 5.75 Å². The van der Waals surface area contributed by atoms with E-state index in [0.717, 1.165) is 11.5 Å². The summed E-state index contributed by atoms with van der Waals surface area (Å²) in [5, 5.41) is 9.46. The Morgan fingerprint density at radius 2 is 2.23 bits per heavy atom. The van der Waals surface area contributed by atoms with E-state index in [2.05, 4.69) is 6.58 Å². The molecule has 13 heavy (non-hydrogen) atoms. The standard InChI is InChI=1S/C11H13O2/c1-4-8(2)9-6-5-7-10(12)11(9)13-3/h4-7,12H,1H2,2-3H3. The second-order valence-electron chi connectivity index (χ2n) is 2.75. The molecule has 0 spiro atoms. The largest absolute Gasteiger partial charge is 0.504 e. The summed E-state index contributed by atoms with van der Waals surface area (Å²) in [6, 6.07) is 5.26. The monoisotopic (exact) mass is 177 g/mol. The van der Waals surface area contributed by atoms with Crippen LogP contribution in [0.4, 0.5) is 0 Å². The molecular formula is C11H13O2. The van der Waals surface area contributed by atoms with E-state index >= 15 is 0 Å². The van der Waals surface area contributed by atoms with Crippen molar-refractivity contribution in [2.45, 2.75) is 6.92 Å². The molecule has 1 N–H and O–H groups in total. The number of rotatable bonds is 3. The van der Waals surface area contributed by atoms with E-state index in [9.17, 15) is 5.11 Å². The maximum absolute atomic E-state index is 9.46. The normalized spacial score (nSPS) is 10.1. The fourth-order valence-corrected chi connectivity index (χ4v) is 1.16. The van der Waals surface area contributed by atoms with Gasteiger partial charge in [-0.05, 0) is 6.07 Å². The van der Waals surface area contributed by atoms with Crippen LogP contribution in [0.15, 0.2) is 30.9 Å². The zero-order valence-corrected chi connectivity index (χ0v) is 7.87. The minimum atomic E-state index is 0.154. The number of methoxy groups -OCH3 is 1. The van der Waals surface area contributed by atoms with Crippen LogP contribution >= 0.6 is 0 Å². The van der Waals surface area contributed by atoms with Gasteiger partial charge in [0.15, 0.2) is 11.5 Å². The van der Waals surface area contributed by atoms with Crippen LogP contribution in [0.25, 0.3) is 0 Å². The summed E-state index contributed by atoms with van der Waals surface area (Å²) >= 11 is 0. The number of phenols is 1. The Bertz CT molecular complexity index is 305. The number of allylic oxidation sites excluding steroid dienone is 1. The molecule has 0 amide bonds. The predicted molar refractivity (Wildman–Crippen MR) is 52.9 cm³/mol. The van der Waals surface area contributed by atoms with Crippen LogP contribution < -0.4 is 4.74 Å². The summed E-state index contributed by atoms with van der Waals surface area (Å²) in [6.45, 7) is 5.59. The molecule has 0 saturated heterocycles. The number of para-hydroxylation sites is 1. The lowest BCUT2D eigenvalue weighted by Crippen LogP contribution is -1.95. The Morgan fingerprint density at radius 3 is 2.77 bits per heavy atom. The summed E-state index contributed by atoms with van der Waals surface area (Å²) in [4.78, 5) is 0. The molecular weight excluding hydrogens is 164 g/mol. The zero-order valence-electron chi connectivity index (χ0n) is 7.87. The number of aromatic hydroxyl groups is 1. The van der Waals surface area contributed by atoms with Crippen LogP contribution in [-0.4, -0.2) is 12.2 Å². The lowest BCUT2D eigenvalue weighted by Gasteiger charge is -2.12. The smallest absolute Gasteiger partial charge is 0.164 e. The van der Waals surface area contributed by atoms with E-state index in [1.165, 1.54) is 7.11 Å².